The Morgan fingerprint density at radius 1 is 1.56 bits per heavy atom. The lowest BCUT2D eigenvalue weighted by Gasteiger charge is -2.37. The van der Waals surface area contributed by atoms with E-state index in [1.807, 2.05) is 31.7 Å². The number of pyridine rings is 1. The highest BCUT2D eigenvalue weighted by molar-refractivity contribution is 5.89. The van der Waals surface area contributed by atoms with E-state index in [0.29, 0.717) is 13.2 Å². The summed E-state index contributed by atoms with van der Waals surface area (Å²) >= 11 is 0. The van der Waals surface area contributed by atoms with Crippen molar-refractivity contribution in [3.8, 4) is 0 Å². The molecule has 0 aliphatic carbocycles. The second-order valence-corrected chi connectivity index (χ2v) is 4.63. The summed E-state index contributed by atoms with van der Waals surface area (Å²) in [6, 6.07) is 3.65. The van der Waals surface area contributed by atoms with Crippen LogP contribution in [0, 0.1) is 6.92 Å². The predicted molar refractivity (Wildman–Crippen MR) is 69.6 cm³/mol. The maximum atomic E-state index is 12.2. The van der Waals surface area contributed by atoms with Crippen molar-refractivity contribution in [2.75, 3.05) is 18.5 Å². The molecule has 0 unspecified atom stereocenters. The second-order valence-electron chi connectivity index (χ2n) is 4.63. The van der Waals surface area contributed by atoms with Gasteiger partial charge < -0.3 is 15.0 Å². The Hall–Kier alpha value is -1.62. The molecule has 1 aliphatic rings. The van der Waals surface area contributed by atoms with Crippen LogP contribution in [0.15, 0.2) is 18.3 Å². The molecule has 1 N–H and O–H groups in total. The summed E-state index contributed by atoms with van der Waals surface area (Å²) in [4.78, 5) is 18.1. The minimum atomic E-state index is -0.0803. The van der Waals surface area contributed by atoms with Crippen LogP contribution >= 0.6 is 0 Å². The normalized spacial score (nSPS) is 23.8. The zero-order valence-electron chi connectivity index (χ0n) is 11.0. The number of aryl methyl sites for hydroxylation is 1. The van der Waals surface area contributed by atoms with Gasteiger partial charge in [0.1, 0.15) is 0 Å². The quantitative estimate of drug-likeness (QED) is 0.828. The Labute approximate surface area is 107 Å². The molecule has 5 nitrogen and oxygen atoms in total. The summed E-state index contributed by atoms with van der Waals surface area (Å²) in [7, 11) is 0. The third-order valence-corrected chi connectivity index (χ3v) is 3.29. The van der Waals surface area contributed by atoms with E-state index >= 15 is 0 Å². The maximum Gasteiger partial charge on any atom is 0.322 e. The van der Waals surface area contributed by atoms with Crippen LogP contribution in [0.2, 0.25) is 0 Å². The average Bonchev–Trinajstić information content (AvgIpc) is 2.32. The second kappa shape index (κ2) is 5.35. The average molecular weight is 249 g/mol. The van der Waals surface area contributed by atoms with Crippen LogP contribution in [-0.4, -0.2) is 41.2 Å². The smallest absolute Gasteiger partial charge is 0.322 e. The first-order valence-electron chi connectivity index (χ1n) is 6.20. The number of aromatic nitrogens is 1. The van der Waals surface area contributed by atoms with Crippen molar-refractivity contribution < 1.29 is 9.53 Å². The van der Waals surface area contributed by atoms with E-state index in [4.69, 9.17) is 4.74 Å². The fraction of sp³-hybridized carbons (Fsp3) is 0.538. The van der Waals surface area contributed by atoms with Gasteiger partial charge in [-0.25, -0.2) is 4.79 Å². The molecule has 2 amide bonds. The molecule has 98 valence electrons. The molecule has 1 saturated heterocycles. The topological polar surface area (TPSA) is 54.5 Å². The number of carbonyl (C=O) groups excluding carboxylic acids is 1. The summed E-state index contributed by atoms with van der Waals surface area (Å²) in [5.74, 6) is 0. The van der Waals surface area contributed by atoms with Crippen LogP contribution in [0.4, 0.5) is 10.5 Å². The van der Waals surface area contributed by atoms with Crippen LogP contribution < -0.4 is 5.32 Å². The summed E-state index contributed by atoms with van der Waals surface area (Å²) < 4.78 is 5.51. The van der Waals surface area contributed by atoms with Gasteiger partial charge >= 0.3 is 6.03 Å². The van der Waals surface area contributed by atoms with Crippen LogP contribution in [-0.2, 0) is 4.74 Å². The number of amides is 2. The fourth-order valence-electron chi connectivity index (χ4n) is 2.04. The number of urea groups is 1. The highest BCUT2D eigenvalue weighted by Gasteiger charge is 2.29. The molecule has 1 aromatic rings. The van der Waals surface area contributed by atoms with Gasteiger partial charge in [-0.1, -0.05) is 0 Å². The van der Waals surface area contributed by atoms with E-state index in [0.717, 1.165) is 11.4 Å². The first-order chi connectivity index (χ1) is 8.58. The number of hydrogen-bond acceptors (Lipinski definition) is 3. The molecular formula is C13H19N3O2. The van der Waals surface area contributed by atoms with Crippen molar-refractivity contribution in [2.24, 2.45) is 0 Å². The van der Waals surface area contributed by atoms with E-state index in [2.05, 4.69) is 10.3 Å². The van der Waals surface area contributed by atoms with E-state index in [9.17, 15) is 4.79 Å². The number of nitrogens with one attached hydrogen (secondary N) is 1. The van der Waals surface area contributed by atoms with Crippen LogP contribution in [0.3, 0.4) is 0 Å². The number of anilines is 1. The van der Waals surface area contributed by atoms with E-state index in [-0.39, 0.29) is 18.2 Å². The molecule has 0 aromatic carbocycles. The van der Waals surface area contributed by atoms with Gasteiger partial charge in [-0.3, -0.25) is 4.98 Å². The molecule has 1 fully saturated rings. The summed E-state index contributed by atoms with van der Waals surface area (Å²) in [6.45, 7) is 7.10. The van der Waals surface area contributed by atoms with Gasteiger partial charge in [0.05, 0.1) is 18.8 Å². The van der Waals surface area contributed by atoms with E-state index in [1.54, 1.807) is 12.3 Å². The molecule has 1 aromatic heterocycles. The molecule has 2 rings (SSSR count). The van der Waals surface area contributed by atoms with Crippen LogP contribution in [0.5, 0.6) is 0 Å². The zero-order chi connectivity index (χ0) is 13.1. The minimum Gasteiger partial charge on any atom is -0.375 e. The van der Waals surface area contributed by atoms with Gasteiger partial charge in [0.15, 0.2) is 0 Å². The zero-order valence-corrected chi connectivity index (χ0v) is 11.0. The molecule has 0 radical (unpaired) electrons. The maximum absolute atomic E-state index is 12.2. The third-order valence-electron chi connectivity index (χ3n) is 3.29. The van der Waals surface area contributed by atoms with Crippen molar-refractivity contribution in [1.29, 1.82) is 0 Å². The lowest BCUT2D eigenvalue weighted by Crippen LogP contribution is -2.52. The SMILES string of the molecule is Cc1cc(NC(=O)N2CCO[C@@H](C)[C@H]2C)ccn1. The summed E-state index contributed by atoms with van der Waals surface area (Å²) in [6.07, 6.45) is 1.76. The molecule has 1 aliphatic heterocycles. The Balaban J connectivity index is 2.03. The monoisotopic (exact) mass is 249 g/mol. The first-order valence-corrected chi connectivity index (χ1v) is 6.20. The third kappa shape index (κ3) is 2.79. The first kappa shape index (κ1) is 12.8. The Bertz CT molecular complexity index is 436. The molecule has 0 spiro atoms. The summed E-state index contributed by atoms with van der Waals surface area (Å²) in [5.41, 5.74) is 1.66. The number of ether oxygens (including phenoxy) is 1. The molecule has 0 bridgehead atoms. The molecule has 18 heavy (non-hydrogen) atoms. The number of nitrogens with zero attached hydrogens (tertiary/aromatic N) is 2. The molecular weight excluding hydrogens is 230 g/mol. The lowest BCUT2D eigenvalue weighted by atomic mass is 10.1. The number of hydrogen-bond donors (Lipinski definition) is 1. The van der Waals surface area contributed by atoms with Gasteiger partial charge in [-0.05, 0) is 32.9 Å². The molecule has 2 atom stereocenters. The van der Waals surface area contributed by atoms with Crippen molar-refractivity contribution in [2.45, 2.75) is 32.9 Å². The fourth-order valence-corrected chi connectivity index (χ4v) is 2.04. The number of morpholine rings is 1. The molecule has 5 heteroatoms. The molecule has 2 heterocycles. The highest BCUT2D eigenvalue weighted by Crippen LogP contribution is 2.15. The van der Waals surface area contributed by atoms with Crippen molar-refractivity contribution in [1.82, 2.24) is 9.88 Å². The van der Waals surface area contributed by atoms with Gasteiger partial charge in [-0.15, -0.1) is 0 Å². The van der Waals surface area contributed by atoms with Crippen LogP contribution in [0.1, 0.15) is 19.5 Å². The summed E-state index contributed by atoms with van der Waals surface area (Å²) in [5, 5.41) is 2.89. The Kier molecular flexibility index (Phi) is 3.81. The van der Waals surface area contributed by atoms with Crippen molar-refractivity contribution in [3.63, 3.8) is 0 Å². The molecule has 0 saturated carbocycles. The highest BCUT2D eigenvalue weighted by atomic mass is 16.5. The van der Waals surface area contributed by atoms with E-state index < -0.39 is 0 Å². The minimum absolute atomic E-state index is 0.0728. The van der Waals surface area contributed by atoms with Crippen molar-refractivity contribution in [3.05, 3.63) is 24.0 Å². The van der Waals surface area contributed by atoms with Gasteiger partial charge in [0.2, 0.25) is 0 Å². The Morgan fingerprint density at radius 2 is 2.33 bits per heavy atom. The Morgan fingerprint density at radius 3 is 3.06 bits per heavy atom. The predicted octanol–water partition coefficient (Wildman–Crippen LogP) is 2.03. The lowest BCUT2D eigenvalue weighted by molar-refractivity contribution is -0.0355. The number of carbonyl (C=O) groups is 1. The van der Waals surface area contributed by atoms with Crippen molar-refractivity contribution >= 4 is 11.7 Å². The van der Waals surface area contributed by atoms with Crippen LogP contribution in [0.25, 0.3) is 0 Å². The largest absolute Gasteiger partial charge is 0.375 e. The number of rotatable bonds is 1. The van der Waals surface area contributed by atoms with Gasteiger partial charge in [0, 0.05) is 24.1 Å². The van der Waals surface area contributed by atoms with E-state index in [1.165, 1.54) is 0 Å². The standard InChI is InChI=1S/C13H19N3O2/c1-9-8-12(4-5-14-9)15-13(17)16-6-7-18-11(3)10(16)2/h4-5,8,10-11H,6-7H2,1-3H3,(H,14,15,17)/t10-,11+/m1/s1. The van der Waals surface area contributed by atoms with Gasteiger partial charge in [0.25, 0.3) is 0 Å². The van der Waals surface area contributed by atoms with Gasteiger partial charge in [-0.2, -0.15) is 0 Å².